The number of aliphatic hydroxyl groups is 1. The number of benzene rings is 1. The Balaban J connectivity index is 1.95. The summed E-state index contributed by atoms with van der Waals surface area (Å²) in [5, 5.41) is 13.9. The third kappa shape index (κ3) is 5.73. The Bertz CT molecular complexity index is 625. The first-order valence-electron chi connectivity index (χ1n) is 8.84. The lowest BCUT2D eigenvalue weighted by Gasteiger charge is -2.22. The molecule has 130 valence electrons. The van der Waals surface area contributed by atoms with E-state index < -0.39 is 6.10 Å². The molecule has 0 aliphatic heterocycles. The molecule has 0 saturated carbocycles. The predicted octanol–water partition coefficient (Wildman–Crippen LogP) is 3.98. The molecule has 2 unspecified atom stereocenters. The van der Waals surface area contributed by atoms with Crippen molar-refractivity contribution in [3.8, 4) is 0 Å². The van der Waals surface area contributed by atoms with E-state index >= 15 is 0 Å². The average molecular weight is 326 g/mol. The zero-order chi connectivity index (χ0) is 17.5. The summed E-state index contributed by atoms with van der Waals surface area (Å²) < 4.78 is 0. The van der Waals surface area contributed by atoms with Gasteiger partial charge in [0.1, 0.15) is 0 Å². The molecule has 0 radical (unpaired) electrons. The molecule has 3 nitrogen and oxygen atoms in total. The lowest BCUT2D eigenvalue weighted by molar-refractivity contribution is 0.164. The molecule has 0 amide bonds. The first-order chi connectivity index (χ1) is 11.5. The van der Waals surface area contributed by atoms with E-state index in [2.05, 4.69) is 62.3 Å². The number of hydrogen-bond donors (Lipinski definition) is 2. The van der Waals surface area contributed by atoms with Crippen molar-refractivity contribution in [3.63, 3.8) is 0 Å². The van der Waals surface area contributed by atoms with Gasteiger partial charge in [0.15, 0.2) is 0 Å². The van der Waals surface area contributed by atoms with E-state index in [4.69, 9.17) is 0 Å². The molecule has 2 atom stereocenters. The van der Waals surface area contributed by atoms with E-state index in [1.54, 1.807) is 0 Å². The monoisotopic (exact) mass is 326 g/mol. The molecule has 1 aromatic heterocycles. The van der Waals surface area contributed by atoms with Crippen molar-refractivity contribution in [3.05, 3.63) is 65.0 Å². The van der Waals surface area contributed by atoms with Crippen LogP contribution in [0.5, 0.6) is 0 Å². The Hall–Kier alpha value is -1.71. The summed E-state index contributed by atoms with van der Waals surface area (Å²) in [6.07, 6.45) is 3.11. The third-order valence-electron chi connectivity index (χ3n) is 4.31. The fourth-order valence-corrected chi connectivity index (χ4v) is 3.04. The second-order valence-corrected chi connectivity index (χ2v) is 7.13. The number of hydrogen-bond acceptors (Lipinski definition) is 3. The zero-order valence-corrected chi connectivity index (χ0v) is 15.3. The maximum Gasteiger partial charge on any atom is 0.0705 e. The smallest absolute Gasteiger partial charge is 0.0705 e. The Labute approximate surface area is 146 Å². The molecule has 0 bridgehead atoms. The summed E-state index contributed by atoms with van der Waals surface area (Å²) in [6.45, 7) is 9.20. The molecule has 0 fully saturated rings. The molecule has 0 saturated heterocycles. The lowest BCUT2D eigenvalue weighted by atomic mass is 9.98. The highest BCUT2D eigenvalue weighted by molar-refractivity contribution is 5.30. The molecule has 0 spiro atoms. The van der Waals surface area contributed by atoms with Gasteiger partial charge < -0.3 is 10.4 Å². The van der Waals surface area contributed by atoms with Crippen molar-refractivity contribution in [1.82, 2.24) is 10.3 Å². The van der Waals surface area contributed by atoms with Crippen molar-refractivity contribution < 1.29 is 5.11 Å². The van der Waals surface area contributed by atoms with Gasteiger partial charge in [0.25, 0.3) is 0 Å². The minimum atomic E-state index is -0.398. The van der Waals surface area contributed by atoms with Crippen LogP contribution in [0.2, 0.25) is 0 Å². The van der Waals surface area contributed by atoms with E-state index in [1.165, 1.54) is 16.7 Å². The van der Waals surface area contributed by atoms with Gasteiger partial charge in [-0.3, -0.25) is 4.98 Å². The van der Waals surface area contributed by atoms with Crippen LogP contribution in [-0.4, -0.2) is 22.7 Å². The van der Waals surface area contributed by atoms with Gasteiger partial charge in [0, 0.05) is 18.8 Å². The number of rotatable bonds is 8. The molecule has 2 rings (SSSR count). The van der Waals surface area contributed by atoms with E-state index in [1.807, 2.05) is 18.3 Å². The van der Waals surface area contributed by atoms with Gasteiger partial charge in [-0.2, -0.15) is 0 Å². The molecule has 2 N–H and O–H groups in total. The lowest BCUT2D eigenvalue weighted by Crippen LogP contribution is -2.32. The van der Waals surface area contributed by atoms with Crippen LogP contribution < -0.4 is 5.32 Å². The van der Waals surface area contributed by atoms with Crippen LogP contribution in [0.3, 0.4) is 0 Å². The summed E-state index contributed by atoms with van der Waals surface area (Å²) in [5.74, 6) is 0.570. The van der Waals surface area contributed by atoms with Crippen molar-refractivity contribution in [1.29, 1.82) is 0 Å². The molecule has 1 aromatic carbocycles. The van der Waals surface area contributed by atoms with Gasteiger partial charge in [0.2, 0.25) is 0 Å². The first kappa shape index (κ1) is 18.6. The van der Waals surface area contributed by atoms with Crippen molar-refractivity contribution in [2.24, 2.45) is 5.92 Å². The van der Waals surface area contributed by atoms with E-state index in [-0.39, 0.29) is 6.04 Å². The average Bonchev–Trinajstić information content (AvgIpc) is 2.54. The molecule has 24 heavy (non-hydrogen) atoms. The summed E-state index contributed by atoms with van der Waals surface area (Å²) in [4.78, 5) is 4.47. The van der Waals surface area contributed by atoms with Crippen LogP contribution >= 0.6 is 0 Å². The molecule has 0 aliphatic rings. The van der Waals surface area contributed by atoms with Gasteiger partial charge >= 0.3 is 0 Å². The highest BCUT2D eigenvalue weighted by atomic mass is 16.3. The third-order valence-corrected chi connectivity index (χ3v) is 4.31. The van der Waals surface area contributed by atoms with Crippen LogP contribution in [0.15, 0.2) is 42.6 Å². The van der Waals surface area contributed by atoms with Crippen LogP contribution in [0.1, 0.15) is 48.7 Å². The molecule has 2 aromatic rings. The highest BCUT2D eigenvalue weighted by Crippen LogP contribution is 2.19. The SMILES string of the molecule is Cc1ccc(CC(O)CNC(CC(C)C)c2ccccn2)c(C)c1. The van der Waals surface area contributed by atoms with Crippen molar-refractivity contribution in [2.75, 3.05) is 6.54 Å². The van der Waals surface area contributed by atoms with E-state index in [0.29, 0.717) is 18.9 Å². The maximum atomic E-state index is 10.4. The number of aromatic nitrogens is 1. The van der Waals surface area contributed by atoms with Gasteiger partial charge in [-0.1, -0.05) is 43.7 Å². The fraction of sp³-hybridized carbons (Fsp3) is 0.476. The Morgan fingerprint density at radius 3 is 2.54 bits per heavy atom. The molecule has 3 heteroatoms. The van der Waals surface area contributed by atoms with E-state index in [9.17, 15) is 5.11 Å². The number of aliphatic hydroxyl groups excluding tert-OH is 1. The minimum Gasteiger partial charge on any atom is -0.391 e. The molecular formula is C21H30N2O. The Morgan fingerprint density at radius 2 is 1.92 bits per heavy atom. The molecule has 0 aliphatic carbocycles. The second-order valence-electron chi connectivity index (χ2n) is 7.13. The Kier molecular flexibility index (Phi) is 6.95. The number of aryl methyl sites for hydroxylation is 2. The zero-order valence-electron chi connectivity index (χ0n) is 15.3. The number of pyridine rings is 1. The largest absolute Gasteiger partial charge is 0.391 e. The van der Waals surface area contributed by atoms with Crippen LogP contribution in [0, 0.1) is 19.8 Å². The summed E-state index contributed by atoms with van der Waals surface area (Å²) in [6, 6.07) is 12.6. The van der Waals surface area contributed by atoms with Gasteiger partial charge in [-0.15, -0.1) is 0 Å². The molecule has 1 heterocycles. The summed E-state index contributed by atoms with van der Waals surface area (Å²) in [7, 11) is 0. The van der Waals surface area contributed by atoms with Crippen molar-refractivity contribution in [2.45, 2.75) is 52.7 Å². The fourth-order valence-electron chi connectivity index (χ4n) is 3.04. The normalized spacial score (nSPS) is 13.9. The molecular weight excluding hydrogens is 296 g/mol. The maximum absolute atomic E-state index is 10.4. The quantitative estimate of drug-likeness (QED) is 0.771. The van der Waals surface area contributed by atoms with E-state index in [0.717, 1.165) is 12.1 Å². The highest BCUT2D eigenvalue weighted by Gasteiger charge is 2.16. The summed E-state index contributed by atoms with van der Waals surface area (Å²) >= 11 is 0. The van der Waals surface area contributed by atoms with Crippen LogP contribution in [-0.2, 0) is 6.42 Å². The van der Waals surface area contributed by atoms with Crippen LogP contribution in [0.4, 0.5) is 0 Å². The number of nitrogens with zero attached hydrogens (tertiary/aromatic N) is 1. The van der Waals surface area contributed by atoms with Gasteiger partial charge in [0.05, 0.1) is 11.8 Å². The second kappa shape index (κ2) is 8.95. The van der Waals surface area contributed by atoms with Crippen molar-refractivity contribution >= 4 is 0 Å². The minimum absolute atomic E-state index is 0.181. The van der Waals surface area contributed by atoms with Gasteiger partial charge in [-0.25, -0.2) is 0 Å². The van der Waals surface area contributed by atoms with Gasteiger partial charge in [-0.05, 0) is 55.9 Å². The Morgan fingerprint density at radius 1 is 1.12 bits per heavy atom. The topological polar surface area (TPSA) is 45.1 Å². The first-order valence-corrected chi connectivity index (χ1v) is 8.84. The predicted molar refractivity (Wildman–Crippen MR) is 100 cm³/mol. The summed E-state index contributed by atoms with van der Waals surface area (Å²) in [5.41, 5.74) is 4.77. The standard InChI is InChI=1S/C21H30N2O/c1-15(2)11-21(20-7-5-6-10-22-20)23-14-19(24)13-18-9-8-16(3)12-17(18)4/h5-10,12,15,19,21,23-24H,11,13-14H2,1-4H3. The van der Waals surface area contributed by atoms with Crippen LogP contribution in [0.25, 0.3) is 0 Å². The number of nitrogens with one attached hydrogen (secondary N) is 1.